The molecule has 1 aromatic carbocycles. The highest BCUT2D eigenvalue weighted by molar-refractivity contribution is 5.71. The van der Waals surface area contributed by atoms with Crippen molar-refractivity contribution >= 4 is 5.97 Å². The molecular formula is C12H15F2NO2. The molecule has 94 valence electrons. The van der Waals surface area contributed by atoms with Crippen molar-refractivity contribution in [2.75, 3.05) is 20.2 Å². The Morgan fingerprint density at radius 2 is 1.94 bits per heavy atom. The quantitative estimate of drug-likeness (QED) is 0.740. The van der Waals surface area contributed by atoms with Crippen LogP contribution in [0.5, 0.6) is 0 Å². The average Bonchev–Trinajstić information content (AvgIpc) is 2.32. The molecule has 0 spiro atoms. The Labute approximate surface area is 99.0 Å². The van der Waals surface area contributed by atoms with Crippen LogP contribution in [0.3, 0.4) is 0 Å². The first kappa shape index (κ1) is 13.6. The van der Waals surface area contributed by atoms with E-state index in [2.05, 4.69) is 4.74 Å². The summed E-state index contributed by atoms with van der Waals surface area (Å²) in [7, 11) is 1.28. The number of hydrogen-bond donors (Lipinski definition) is 0. The van der Waals surface area contributed by atoms with E-state index in [0.29, 0.717) is 6.54 Å². The number of ether oxygens (including phenoxy) is 1. The van der Waals surface area contributed by atoms with Crippen molar-refractivity contribution in [3.8, 4) is 0 Å². The number of carbonyl (C=O) groups is 1. The van der Waals surface area contributed by atoms with Crippen LogP contribution in [0, 0.1) is 11.6 Å². The van der Waals surface area contributed by atoms with E-state index < -0.39 is 17.6 Å². The van der Waals surface area contributed by atoms with Gasteiger partial charge >= 0.3 is 5.97 Å². The zero-order valence-corrected chi connectivity index (χ0v) is 9.87. The average molecular weight is 243 g/mol. The van der Waals surface area contributed by atoms with Crippen molar-refractivity contribution in [1.82, 2.24) is 4.90 Å². The predicted molar refractivity (Wildman–Crippen MR) is 59.3 cm³/mol. The van der Waals surface area contributed by atoms with Gasteiger partial charge in [0.1, 0.15) is 11.6 Å². The molecule has 0 aliphatic heterocycles. The summed E-state index contributed by atoms with van der Waals surface area (Å²) in [6, 6.07) is 3.71. The highest BCUT2D eigenvalue weighted by Gasteiger charge is 2.15. The fourth-order valence-corrected chi connectivity index (χ4v) is 1.43. The molecule has 0 aliphatic rings. The molecule has 0 bridgehead atoms. The molecule has 0 unspecified atom stereocenters. The molecule has 5 heteroatoms. The summed E-state index contributed by atoms with van der Waals surface area (Å²) in [5.74, 6) is -1.63. The molecule has 1 aromatic rings. The number of benzene rings is 1. The molecule has 0 aromatic heterocycles. The van der Waals surface area contributed by atoms with Gasteiger partial charge in [-0.15, -0.1) is 0 Å². The number of likely N-dealkylation sites (N-methyl/N-ethyl adjacent to an activating group) is 1. The third kappa shape index (κ3) is 3.78. The summed E-state index contributed by atoms with van der Waals surface area (Å²) in [6.07, 6.45) is 0. The molecule has 0 aliphatic carbocycles. The number of esters is 1. The fourth-order valence-electron chi connectivity index (χ4n) is 1.43. The second-order valence-corrected chi connectivity index (χ2v) is 3.58. The van der Waals surface area contributed by atoms with E-state index >= 15 is 0 Å². The number of methoxy groups -OCH3 is 1. The molecule has 0 fully saturated rings. The summed E-state index contributed by atoms with van der Waals surface area (Å²) < 4.78 is 31.3. The minimum Gasteiger partial charge on any atom is -0.468 e. The summed E-state index contributed by atoms with van der Waals surface area (Å²) >= 11 is 0. The van der Waals surface area contributed by atoms with Crippen LogP contribution in [0.2, 0.25) is 0 Å². The van der Waals surface area contributed by atoms with Gasteiger partial charge in [-0.1, -0.05) is 13.0 Å². The molecule has 0 saturated carbocycles. The summed E-state index contributed by atoms with van der Waals surface area (Å²) in [4.78, 5) is 12.7. The SMILES string of the molecule is CCN(CC(=O)OC)Cc1c(F)cccc1F. The van der Waals surface area contributed by atoms with Crippen LogP contribution in [0.25, 0.3) is 0 Å². The zero-order chi connectivity index (χ0) is 12.8. The molecule has 3 nitrogen and oxygen atoms in total. The molecule has 0 saturated heterocycles. The Balaban J connectivity index is 2.77. The Hall–Kier alpha value is -1.49. The lowest BCUT2D eigenvalue weighted by Gasteiger charge is -2.19. The Morgan fingerprint density at radius 1 is 1.35 bits per heavy atom. The molecular weight excluding hydrogens is 228 g/mol. The normalized spacial score (nSPS) is 10.6. The number of rotatable bonds is 5. The van der Waals surface area contributed by atoms with Gasteiger partial charge in [0.2, 0.25) is 0 Å². The highest BCUT2D eigenvalue weighted by Crippen LogP contribution is 2.14. The highest BCUT2D eigenvalue weighted by atomic mass is 19.1. The minimum atomic E-state index is -0.603. The second-order valence-electron chi connectivity index (χ2n) is 3.58. The molecule has 0 radical (unpaired) electrons. The summed E-state index contributed by atoms with van der Waals surface area (Å²) in [5.41, 5.74) is -0.0294. The van der Waals surface area contributed by atoms with E-state index in [0.717, 1.165) is 0 Å². The first-order valence-corrected chi connectivity index (χ1v) is 5.30. The lowest BCUT2D eigenvalue weighted by Crippen LogP contribution is -2.30. The zero-order valence-electron chi connectivity index (χ0n) is 9.87. The third-order valence-corrected chi connectivity index (χ3v) is 2.47. The first-order valence-electron chi connectivity index (χ1n) is 5.30. The largest absolute Gasteiger partial charge is 0.468 e. The lowest BCUT2D eigenvalue weighted by molar-refractivity contribution is -0.142. The van der Waals surface area contributed by atoms with Gasteiger partial charge in [-0.2, -0.15) is 0 Å². The summed E-state index contributed by atoms with van der Waals surface area (Å²) in [6.45, 7) is 2.37. The topological polar surface area (TPSA) is 29.5 Å². The van der Waals surface area contributed by atoms with E-state index in [1.807, 2.05) is 6.92 Å². The van der Waals surface area contributed by atoms with Gasteiger partial charge in [0, 0.05) is 12.1 Å². The fraction of sp³-hybridized carbons (Fsp3) is 0.417. The lowest BCUT2D eigenvalue weighted by atomic mass is 10.2. The van der Waals surface area contributed by atoms with Crippen LogP contribution < -0.4 is 0 Å². The van der Waals surface area contributed by atoms with Gasteiger partial charge in [0.05, 0.1) is 13.7 Å². The number of halogens is 2. The van der Waals surface area contributed by atoms with E-state index in [1.54, 1.807) is 4.90 Å². The Kier molecular flexibility index (Phi) is 5.03. The minimum absolute atomic E-state index is 0.0147. The first-order chi connectivity index (χ1) is 8.08. The molecule has 17 heavy (non-hydrogen) atoms. The monoisotopic (exact) mass is 243 g/mol. The van der Waals surface area contributed by atoms with Crippen molar-refractivity contribution in [1.29, 1.82) is 0 Å². The van der Waals surface area contributed by atoms with Gasteiger partial charge in [-0.05, 0) is 18.7 Å². The van der Waals surface area contributed by atoms with Crippen LogP contribution in [0.1, 0.15) is 12.5 Å². The van der Waals surface area contributed by atoms with Crippen molar-refractivity contribution in [3.63, 3.8) is 0 Å². The van der Waals surface area contributed by atoms with Crippen LogP contribution in [0.4, 0.5) is 8.78 Å². The van der Waals surface area contributed by atoms with Crippen molar-refractivity contribution in [3.05, 3.63) is 35.4 Å². The number of hydrogen-bond acceptors (Lipinski definition) is 3. The van der Waals surface area contributed by atoms with E-state index in [9.17, 15) is 13.6 Å². The van der Waals surface area contributed by atoms with Gasteiger partial charge in [-0.3, -0.25) is 9.69 Å². The molecule has 0 atom stereocenters. The molecule has 0 heterocycles. The van der Waals surface area contributed by atoms with E-state index in [1.165, 1.54) is 25.3 Å². The number of carbonyl (C=O) groups excluding carboxylic acids is 1. The third-order valence-electron chi connectivity index (χ3n) is 2.47. The van der Waals surface area contributed by atoms with Crippen LogP contribution in [-0.2, 0) is 16.1 Å². The van der Waals surface area contributed by atoms with Crippen LogP contribution in [-0.4, -0.2) is 31.1 Å². The van der Waals surface area contributed by atoms with E-state index in [-0.39, 0.29) is 18.7 Å². The molecule has 1 rings (SSSR count). The smallest absolute Gasteiger partial charge is 0.319 e. The predicted octanol–water partition coefficient (Wildman–Crippen LogP) is 1.96. The molecule has 0 N–H and O–H groups in total. The Morgan fingerprint density at radius 3 is 2.41 bits per heavy atom. The van der Waals surface area contributed by atoms with Gasteiger partial charge < -0.3 is 4.74 Å². The van der Waals surface area contributed by atoms with Crippen LogP contribution in [0.15, 0.2) is 18.2 Å². The van der Waals surface area contributed by atoms with E-state index in [4.69, 9.17) is 0 Å². The standard InChI is InChI=1S/C12H15F2NO2/c1-3-15(8-12(16)17-2)7-9-10(13)5-4-6-11(9)14/h4-6H,3,7-8H2,1-2H3. The van der Waals surface area contributed by atoms with Crippen molar-refractivity contribution < 1.29 is 18.3 Å². The molecule has 0 amide bonds. The maximum Gasteiger partial charge on any atom is 0.319 e. The maximum atomic E-state index is 13.4. The maximum absolute atomic E-state index is 13.4. The van der Waals surface area contributed by atoms with Gasteiger partial charge in [0.25, 0.3) is 0 Å². The van der Waals surface area contributed by atoms with Crippen molar-refractivity contribution in [2.24, 2.45) is 0 Å². The summed E-state index contributed by atoms with van der Waals surface area (Å²) in [5, 5.41) is 0. The second kappa shape index (κ2) is 6.30. The van der Waals surface area contributed by atoms with Gasteiger partial charge in [-0.25, -0.2) is 8.78 Å². The number of nitrogens with zero attached hydrogens (tertiary/aromatic N) is 1. The van der Waals surface area contributed by atoms with Crippen LogP contribution >= 0.6 is 0 Å². The Bertz CT molecular complexity index is 376. The van der Waals surface area contributed by atoms with Crippen molar-refractivity contribution in [2.45, 2.75) is 13.5 Å². The van der Waals surface area contributed by atoms with Gasteiger partial charge in [0.15, 0.2) is 0 Å².